The third kappa shape index (κ3) is 22.7. The maximum absolute atomic E-state index is 9.10. The number of carboxylic acid groups (broad SMARTS) is 4. The molecule has 3 N–H and O–H groups in total. The molecule has 0 radical (unpaired) electrons. The Bertz CT molecular complexity index is 177. The molecule has 0 aromatic carbocycles. The van der Waals surface area contributed by atoms with Crippen LogP contribution in [-0.2, 0) is 36.5 Å². The van der Waals surface area contributed by atoms with Crippen molar-refractivity contribution in [1.82, 2.24) is 0 Å². The number of rotatable bonds is 0. The van der Waals surface area contributed by atoms with Crippen LogP contribution in [0.5, 0.6) is 0 Å². The first-order chi connectivity index (χ1) is 5.29. The molecule has 0 fully saturated rings. The van der Waals surface area contributed by atoms with E-state index in [2.05, 4.69) is 0 Å². The van der Waals surface area contributed by atoms with Crippen LogP contribution in [0.15, 0.2) is 0 Å². The van der Waals surface area contributed by atoms with Crippen molar-refractivity contribution in [1.29, 1.82) is 0 Å². The molecule has 0 aliphatic rings. The van der Waals surface area contributed by atoms with E-state index >= 15 is 0 Å². The molecule has 0 unspecified atom stereocenters. The standard InChI is InChI=1S/2C2H2O4.Cr.K/c2*3-1(4)2(5)6;;/h2*(H,3,4)(H,5,6);;/q;;;+1/p-1. The van der Waals surface area contributed by atoms with Crippen LogP contribution in [0, 0.1) is 0 Å². The molecular formula is C4H3CrKO8. The zero-order chi connectivity index (χ0) is 10.3. The van der Waals surface area contributed by atoms with Gasteiger partial charge < -0.3 is 25.2 Å². The molecule has 74 valence electrons. The van der Waals surface area contributed by atoms with Crippen molar-refractivity contribution < 1.29 is 108 Å². The van der Waals surface area contributed by atoms with Crippen molar-refractivity contribution in [2.75, 3.05) is 0 Å². The molecule has 0 atom stereocenters. The molecule has 10 heteroatoms. The summed E-state index contributed by atoms with van der Waals surface area (Å²) >= 11 is 0. The number of hydrogen-bond donors (Lipinski definition) is 3. The van der Waals surface area contributed by atoms with Gasteiger partial charge in [-0.25, -0.2) is 14.4 Å². The van der Waals surface area contributed by atoms with Gasteiger partial charge in [-0.1, -0.05) is 0 Å². The summed E-state index contributed by atoms with van der Waals surface area (Å²) in [6, 6.07) is 0. The van der Waals surface area contributed by atoms with Crippen LogP contribution in [0.4, 0.5) is 0 Å². The van der Waals surface area contributed by atoms with E-state index in [1.807, 2.05) is 0 Å². The minimum Gasteiger partial charge on any atom is -0.539 e. The van der Waals surface area contributed by atoms with E-state index in [1.165, 1.54) is 0 Å². The van der Waals surface area contributed by atoms with Crippen LogP contribution in [-0.4, -0.2) is 39.2 Å². The fourth-order valence-electron chi connectivity index (χ4n) is 0. The number of carbonyl (C=O) groups is 4. The average Bonchev–Trinajstić information content (AvgIpc) is 1.88. The van der Waals surface area contributed by atoms with Crippen LogP contribution in [0.3, 0.4) is 0 Å². The fourth-order valence-corrected chi connectivity index (χ4v) is 0. The van der Waals surface area contributed by atoms with E-state index in [0.29, 0.717) is 0 Å². The maximum atomic E-state index is 9.10. The Labute approximate surface area is 130 Å². The summed E-state index contributed by atoms with van der Waals surface area (Å²) in [6.45, 7) is 0. The third-order valence-corrected chi connectivity index (χ3v) is 0.358. The average molecular weight is 270 g/mol. The molecule has 0 aromatic heterocycles. The molecule has 0 aliphatic heterocycles. The van der Waals surface area contributed by atoms with E-state index in [0.717, 1.165) is 0 Å². The number of aliphatic carboxylic acids is 4. The van der Waals surface area contributed by atoms with Gasteiger partial charge in [0.15, 0.2) is 5.97 Å². The van der Waals surface area contributed by atoms with E-state index in [4.69, 9.17) is 39.6 Å². The van der Waals surface area contributed by atoms with E-state index < -0.39 is 23.9 Å². The summed E-state index contributed by atoms with van der Waals surface area (Å²) in [7, 11) is 0. The van der Waals surface area contributed by atoms with Gasteiger partial charge in [0.1, 0.15) is 0 Å². The van der Waals surface area contributed by atoms with E-state index in [1.54, 1.807) is 0 Å². The molecule has 0 heterocycles. The SMILES string of the molecule is O=C(O)C(=O)O.O=C([O-])C(=O)O.[Cr].[K+]. The van der Waals surface area contributed by atoms with Gasteiger partial charge in [-0.15, -0.1) is 0 Å². The third-order valence-electron chi connectivity index (χ3n) is 0.358. The van der Waals surface area contributed by atoms with Gasteiger partial charge in [-0.3, -0.25) is 0 Å². The Morgan fingerprint density at radius 2 is 0.929 bits per heavy atom. The molecule has 0 bridgehead atoms. The maximum Gasteiger partial charge on any atom is 1.00 e. The van der Waals surface area contributed by atoms with Gasteiger partial charge in [-0.05, 0) is 0 Å². The van der Waals surface area contributed by atoms with Gasteiger partial charge in [0.25, 0.3) is 0 Å². The first kappa shape index (κ1) is 23.7. The smallest absolute Gasteiger partial charge is 0.539 e. The molecule has 0 spiro atoms. The molecule has 0 aromatic rings. The number of hydrogen-bond acceptors (Lipinski definition) is 5. The minimum absolute atomic E-state index is 0. The Hall–Kier alpha value is 0.0488. The summed E-state index contributed by atoms with van der Waals surface area (Å²) in [6.07, 6.45) is 0. The van der Waals surface area contributed by atoms with Gasteiger partial charge in [0, 0.05) is 17.4 Å². The van der Waals surface area contributed by atoms with Gasteiger partial charge >= 0.3 is 69.3 Å². The van der Waals surface area contributed by atoms with Crippen LogP contribution < -0.4 is 56.5 Å². The van der Waals surface area contributed by atoms with Gasteiger partial charge in [0.05, 0.1) is 0 Å². The summed E-state index contributed by atoms with van der Waals surface area (Å²) in [5.74, 6) is -7.66. The molecule has 0 aliphatic carbocycles. The molecule has 14 heavy (non-hydrogen) atoms. The monoisotopic (exact) mass is 270 g/mol. The van der Waals surface area contributed by atoms with Gasteiger partial charge in [0.2, 0.25) is 0 Å². The van der Waals surface area contributed by atoms with Crippen molar-refractivity contribution in [3.8, 4) is 0 Å². The molecule has 0 saturated carbocycles. The normalized spacial score (nSPS) is 6.29. The molecule has 0 amide bonds. The van der Waals surface area contributed by atoms with Crippen LogP contribution >= 0.6 is 0 Å². The van der Waals surface area contributed by atoms with E-state index in [-0.39, 0.29) is 68.7 Å². The predicted molar refractivity (Wildman–Crippen MR) is 27.9 cm³/mol. The summed E-state index contributed by atoms with van der Waals surface area (Å²) < 4.78 is 0. The fraction of sp³-hybridized carbons (Fsp3) is 0. The molecule has 8 nitrogen and oxygen atoms in total. The van der Waals surface area contributed by atoms with Crippen molar-refractivity contribution >= 4 is 23.9 Å². The summed E-state index contributed by atoms with van der Waals surface area (Å²) in [5, 5.41) is 31.1. The zero-order valence-electron chi connectivity index (χ0n) is 6.79. The number of carbonyl (C=O) groups excluding carboxylic acids is 1. The Morgan fingerprint density at radius 1 is 0.786 bits per heavy atom. The Morgan fingerprint density at radius 3 is 0.929 bits per heavy atom. The van der Waals surface area contributed by atoms with Crippen molar-refractivity contribution in [3.63, 3.8) is 0 Å². The van der Waals surface area contributed by atoms with Crippen LogP contribution in [0.25, 0.3) is 0 Å². The Balaban J connectivity index is -0.0000000625. The van der Waals surface area contributed by atoms with Gasteiger partial charge in [-0.2, -0.15) is 0 Å². The molecular weight excluding hydrogens is 267 g/mol. The number of carboxylic acids is 4. The second-order valence-corrected chi connectivity index (χ2v) is 1.20. The first-order valence-electron chi connectivity index (χ1n) is 2.19. The minimum atomic E-state index is -2.07. The van der Waals surface area contributed by atoms with E-state index in [9.17, 15) is 0 Å². The second kappa shape index (κ2) is 13.0. The summed E-state index contributed by atoms with van der Waals surface area (Å²) in [5.41, 5.74) is 0. The van der Waals surface area contributed by atoms with Crippen molar-refractivity contribution in [2.24, 2.45) is 0 Å². The van der Waals surface area contributed by atoms with Crippen molar-refractivity contribution in [3.05, 3.63) is 0 Å². The van der Waals surface area contributed by atoms with Crippen LogP contribution in [0.2, 0.25) is 0 Å². The topological polar surface area (TPSA) is 152 Å². The predicted octanol–water partition coefficient (Wildman–Crippen LogP) is -6.02. The quantitative estimate of drug-likeness (QED) is 0.290. The largest absolute Gasteiger partial charge is 1.00 e. The van der Waals surface area contributed by atoms with Crippen molar-refractivity contribution in [2.45, 2.75) is 0 Å². The zero-order valence-corrected chi connectivity index (χ0v) is 11.2. The van der Waals surface area contributed by atoms with Crippen LogP contribution in [0.1, 0.15) is 0 Å². The molecule has 0 saturated heterocycles. The Kier molecular flexibility index (Phi) is 22.1. The molecule has 0 rings (SSSR count). The second-order valence-electron chi connectivity index (χ2n) is 1.20. The summed E-state index contributed by atoms with van der Waals surface area (Å²) in [4.78, 5) is 36.2. The first-order valence-corrected chi connectivity index (χ1v) is 2.19.